The zero-order valence-corrected chi connectivity index (χ0v) is 41.9. The van der Waals surface area contributed by atoms with Gasteiger partial charge in [-0.15, -0.1) is 0 Å². The van der Waals surface area contributed by atoms with Crippen molar-refractivity contribution >= 4 is 0 Å². The lowest BCUT2D eigenvalue weighted by Gasteiger charge is -2.53. The molecule has 0 bridgehead atoms. The Morgan fingerprint density at radius 3 is 1.36 bits per heavy atom. The summed E-state index contributed by atoms with van der Waals surface area (Å²) in [6.45, 7) is 26.5. The van der Waals surface area contributed by atoms with Gasteiger partial charge in [0.05, 0.1) is 32.0 Å². The van der Waals surface area contributed by atoms with Gasteiger partial charge in [-0.05, 0) is 51.9 Å². The number of ether oxygens (including phenoxy) is 14. The van der Waals surface area contributed by atoms with Gasteiger partial charge in [-0.2, -0.15) is 0 Å². The summed E-state index contributed by atoms with van der Waals surface area (Å²) in [4.78, 5) is 0. The van der Waals surface area contributed by atoms with E-state index in [-0.39, 0.29) is 30.1 Å². The predicted octanol–water partition coefficient (Wildman–Crippen LogP) is 9.16. The van der Waals surface area contributed by atoms with E-state index in [0.717, 1.165) is 89.9 Å². The minimum Gasteiger partial charge on any atom is -0.379 e. The zero-order chi connectivity index (χ0) is 46.1. The van der Waals surface area contributed by atoms with E-state index < -0.39 is 67.9 Å². The molecule has 14 heteroatoms. The quantitative estimate of drug-likeness (QED) is 0.0569. The predicted molar refractivity (Wildman–Crippen MR) is 245 cm³/mol. The minimum absolute atomic E-state index is 0.138. The summed E-state index contributed by atoms with van der Waals surface area (Å²) in [6.07, 6.45) is 6.18. The third-order valence-corrected chi connectivity index (χ3v) is 12.8. The molecule has 64 heavy (non-hydrogen) atoms. The lowest BCUT2D eigenvalue weighted by molar-refractivity contribution is -0.405. The largest absolute Gasteiger partial charge is 0.379 e. The number of rotatable bonds is 34. The van der Waals surface area contributed by atoms with Crippen molar-refractivity contribution in [3.05, 3.63) is 0 Å². The van der Waals surface area contributed by atoms with Crippen LogP contribution in [0.2, 0.25) is 0 Å². The van der Waals surface area contributed by atoms with E-state index in [1.165, 1.54) is 0 Å². The summed E-state index contributed by atoms with van der Waals surface area (Å²) in [6, 6.07) is 0. The summed E-state index contributed by atoms with van der Waals surface area (Å²) < 4.78 is 94.0. The SMILES string of the molecule is CCCCOCC1O[C@@H](OCCCC)[C@@H](C)C(OCCCC)[C@@H]1O[C@@H]1OC2COC(C)O[C@H]2C(O[C@@H]2OC(COCCCC)[C@H](OCCCC)C(OCCCC)[C@@H]2C)[C@H]1OCCCC. The molecule has 0 aliphatic carbocycles. The lowest BCUT2D eigenvalue weighted by atomic mass is 9.90. The van der Waals surface area contributed by atoms with Gasteiger partial charge in [0.25, 0.3) is 0 Å². The molecular formula is C50H94O14. The molecule has 378 valence electrons. The number of fused-ring (bicyclic) bond motifs is 1. The van der Waals surface area contributed by atoms with Crippen molar-refractivity contribution in [1.29, 1.82) is 0 Å². The molecule has 0 aromatic rings. The van der Waals surface area contributed by atoms with Crippen LogP contribution in [-0.4, -0.2) is 152 Å². The Hall–Kier alpha value is -0.560. The number of hydrogen-bond acceptors (Lipinski definition) is 14. The Balaban J connectivity index is 1.73. The first-order valence-electron chi connectivity index (χ1n) is 26.0. The maximum atomic E-state index is 7.33. The summed E-state index contributed by atoms with van der Waals surface area (Å²) in [5.41, 5.74) is 0. The van der Waals surface area contributed by atoms with E-state index >= 15 is 0 Å². The van der Waals surface area contributed by atoms with Crippen LogP contribution in [-0.2, 0) is 66.3 Å². The van der Waals surface area contributed by atoms with E-state index in [1.807, 2.05) is 6.92 Å². The Kier molecular flexibility index (Phi) is 28.3. The van der Waals surface area contributed by atoms with Crippen LogP contribution in [0.3, 0.4) is 0 Å². The third-order valence-electron chi connectivity index (χ3n) is 12.8. The van der Waals surface area contributed by atoms with Crippen LogP contribution in [0, 0.1) is 11.8 Å². The normalized spacial score (nSPS) is 35.7. The van der Waals surface area contributed by atoms with Gasteiger partial charge in [-0.1, -0.05) is 107 Å². The maximum absolute atomic E-state index is 7.33. The van der Waals surface area contributed by atoms with Crippen LogP contribution in [0.25, 0.3) is 0 Å². The van der Waals surface area contributed by atoms with E-state index in [1.54, 1.807) is 0 Å². The molecule has 14 nitrogen and oxygen atoms in total. The van der Waals surface area contributed by atoms with Gasteiger partial charge in [-0.3, -0.25) is 0 Å². The summed E-state index contributed by atoms with van der Waals surface area (Å²) in [5.74, 6) is -0.344. The molecule has 4 rings (SSSR count). The van der Waals surface area contributed by atoms with Gasteiger partial charge in [0.15, 0.2) is 25.2 Å². The first kappa shape index (κ1) is 56.0. The van der Waals surface area contributed by atoms with Crippen LogP contribution < -0.4 is 0 Å². The van der Waals surface area contributed by atoms with Crippen molar-refractivity contribution in [3.63, 3.8) is 0 Å². The zero-order valence-electron chi connectivity index (χ0n) is 41.9. The van der Waals surface area contributed by atoms with Gasteiger partial charge in [-0.25, -0.2) is 0 Å². The summed E-state index contributed by atoms with van der Waals surface area (Å²) in [5, 5.41) is 0. The first-order chi connectivity index (χ1) is 31.3. The topological polar surface area (TPSA) is 129 Å². The molecule has 4 aliphatic rings. The van der Waals surface area contributed by atoms with E-state index in [4.69, 9.17) is 66.3 Å². The molecule has 4 fully saturated rings. The van der Waals surface area contributed by atoms with Gasteiger partial charge in [0.1, 0.15) is 48.8 Å². The van der Waals surface area contributed by atoms with Crippen LogP contribution in [0.1, 0.15) is 159 Å². The Morgan fingerprint density at radius 1 is 0.391 bits per heavy atom. The highest BCUT2D eigenvalue weighted by Crippen LogP contribution is 2.40. The van der Waals surface area contributed by atoms with Gasteiger partial charge in [0, 0.05) is 58.1 Å². The van der Waals surface area contributed by atoms with Crippen molar-refractivity contribution in [2.75, 3.05) is 66.1 Å². The van der Waals surface area contributed by atoms with E-state index in [2.05, 4.69) is 62.3 Å². The highest BCUT2D eigenvalue weighted by Gasteiger charge is 2.57. The minimum atomic E-state index is -0.897. The van der Waals surface area contributed by atoms with Crippen LogP contribution in [0.5, 0.6) is 0 Å². The lowest BCUT2D eigenvalue weighted by Crippen LogP contribution is -2.68. The average molecular weight is 919 g/mol. The van der Waals surface area contributed by atoms with Gasteiger partial charge >= 0.3 is 0 Å². The average Bonchev–Trinajstić information content (AvgIpc) is 3.29. The molecule has 0 amide bonds. The van der Waals surface area contributed by atoms with Crippen molar-refractivity contribution in [3.8, 4) is 0 Å². The molecular weight excluding hydrogens is 825 g/mol. The van der Waals surface area contributed by atoms with E-state index in [9.17, 15) is 0 Å². The Labute approximate surface area is 388 Å². The van der Waals surface area contributed by atoms with Crippen molar-refractivity contribution in [2.24, 2.45) is 11.8 Å². The van der Waals surface area contributed by atoms with E-state index in [0.29, 0.717) is 66.1 Å². The molecule has 4 saturated heterocycles. The number of hydrogen-bond donors (Lipinski definition) is 0. The molecule has 16 atom stereocenters. The van der Waals surface area contributed by atoms with Gasteiger partial charge in [0.2, 0.25) is 0 Å². The Morgan fingerprint density at radius 2 is 0.812 bits per heavy atom. The standard InChI is InChI=1S/C50H94O14/c1-11-18-25-51-32-38-43(55-29-22-15-5)41(53-27-20-13-3)36(9)49(61-38)64-46-45-40(34-58-37(10)59-45)62-50(47(46)56-30-23-16-6)63-44-39(33-52-26-19-12-2)60-48(57-31-24-17-7)35(8)42(44)54-28-21-14-4/h35-50H,11-34H2,1-10H3/t35-,36-,37?,38?,39?,40?,41?,42?,43-,44+,45+,46?,47+,48+,49-,50-/m0/s1. The monoisotopic (exact) mass is 919 g/mol. The fraction of sp³-hybridized carbons (Fsp3) is 1.00. The summed E-state index contributed by atoms with van der Waals surface area (Å²) >= 11 is 0. The molecule has 0 spiro atoms. The fourth-order valence-corrected chi connectivity index (χ4v) is 8.66. The second-order valence-corrected chi connectivity index (χ2v) is 18.4. The fourth-order valence-electron chi connectivity index (χ4n) is 8.66. The smallest absolute Gasteiger partial charge is 0.187 e. The molecule has 0 aromatic carbocycles. The van der Waals surface area contributed by atoms with Crippen molar-refractivity contribution in [2.45, 2.75) is 245 Å². The van der Waals surface area contributed by atoms with Crippen LogP contribution in [0.15, 0.2) is 0 Å². The van der Waals surface area contributed by atoms with Crippen molar-refractivity contribution in [1.82, 2.24) is 0 Å². The highest BCUT2D eigenvalue weighted by atomic mass is 16.8. The highest BCUT2D eigenvalue weighted by molar-refractivity contribution is 4.99. The molecule has 0 aromatic heterocycles. The maximum Gasteiger partial charge on any atom is 0.187 e. The second kappa shape index (κ2) is 32.3. The second-order valence-electron chi connectivity index (χ2n) is 18.4. The number of unbranched alkanes of at least 4 members (excludes halogenated alkanes) is 7. The Bertz CT molecular complexity index is 1150. The third kappa shape index (κ3) is 17.4. The molecule has 0 radical (unpaired) electrons. The van der Waals surface area contributed by atoms with Crippen LogP contribution in [0.4, 0.5) is 0 Å². The first-order valence-corrected chi connectivity index (χ1v) is 26.0. The summed E-state index contributed by atoms with van der Waals surface area (Å²) in [7, 11) is 0. The molecule has 0 N–H and O–H groups in total. The molecule has 7 unspecified atom stereocenters. The molecule has 0 saturated carbocycles. The molecule has 4 aliphatic heterocycles. The molecule has 4 heterocycles. The van der Waals surface area contributed by atoms with Gasteiger partial charge < -0.3 is 66.3 Å². The van der Waals surface area contributed by atoms with Crippen molar-refractivity contribution < 1.29 is 66.3 Å². The van der Waals surface area contributed by atoms with Crippen LogP contribution >= 0.6 is 0 Å².